The number of benzene rings is 2. The first kappa shape index (κ1) is 15.5. The molecule has 21 heavy (non-hydrogen) atoms. The van der Waals surface area contributed by atoms with Crippen LogP contribution >= 0.6 is 0 Å². The molecule has 2 N–H and O–H groups in total. The van der Waals surface area contributed by atoms with Crippen molar-refractivity contribution in [3.63, 3.8) is 0 Å². The van der Waals surface area contributed by atoms with E-state index in [9.17, 15) is 4.39 Å². The van der Waals surface area contributed by atoms with Crippen LogP contribution < -0.4 is 10.1 Å². The summed E-state index contributed by atoms with van der Waals surface area (Å²) in [6, 6.07) is 12.8. The van der Waals surface area contributed by atoms with E-state index in [1.54, 1.807) is 6.07 Å². The number of nitrogens with one attached hydrogen (secondary N) is 1. The Labute approximate surface area is 124 Å². The van der Waals surface area contributed by atoms with E-state index in [-0.39, 0.29) is 24.2 Å². The van der Waals surface area contributed by atoms with Crippen molar-refractivity contribution in [1.82, 2.24) is 5.32 Å². The number of hydrogen-bond acceptors (Lipinski definition) is 3. The molecule has 2 aromatic carbocycles. The third-order valence-corrected chi connectivity index (χ3v) is 3.46. The summed E-state index contributed by atoms with van der Waals surface area (Å²) in [5.74, 6) is -0.103. The van der Waals surface area contributed by atoms with Gasteiger partial charge in [-0.3, -0.25) is 0 Å². The lowest BCUT2D eigenvalue weighted by Crippen LogP contribution is -2.18. The van der Waals surface area contributed by atoms with Crippen LogP contribution in [0.5, 0.6) is 5.75 Å². The van der Waals surface area contributed by atoms with Gasteiger partial charge in [0.1, 0.15) is 0 Å². The maximum Gasteiger partial charge on any atom is 0.165 e. The van der Waals surface area contributed by atoms with Gasteiger partial charge in [-0.2, -0.15) is 0 Å². The largest absolute Gasteiger partial charge is 0.494 e. The zero-order valence-corrected chi connectivity index (χ0v) is 12.3. The molecule has 0 aliphatic carbocycles. The molecule has 0 saturated heterocycles. The van der Waals surface area contributed by atoms with Gasteiger partial charge in [0.25, 0.3) is 0 Å². The summed E-state index contributed by atoms with van der Waals surface area (Å²) in [7, 11) is 1.45. The van der Waals surface area contributed by atoms with Crippen LogP contribution in [0, 0.1) is 5.82 Å². The standard InChI is InChI=1S/C17H20FNO2/c1-12(15-5-3-4-14(8-15)11-20)19-10-13-6-7-17(21-2)16(18)9-13/h3-9,12,19-20H,10-11H2,1-2H3. The molecule has 0 heterocycles. The fourth-order valence-electron chi connectivity index (χ4n) is 2.17. The lowest BCUT2D eigenvalue weighted by molar-refractivity contribution is 0.281. The van der Waals surface area contributed by atoms with Crippen LogP contribution in [0.4, 0.5) is 4.39 Å². The number of hydrogen-bond donors (Lipinski definition) is 2. The van der Waals surface area contributed by atoms with Gasteiger partial charge in [-0.15, -0.1) is 0 Å². The molecule has 0 spiro atoms. The summed E-state index contributed by atoms with van der Waals surface area (Å²) < 4.78 is 18.5. The molecule has 0 amide bonds. The number of aliphatic hydroxyl groups excluding tert-OH is 1. The lowest BCUT2D eigenvalue weighted by atomic mass is 10.1. The zero-order valence-electron chi connectivity index (χ0n) is 12.3. The Kier molecular flexibility index (Phi) is 5.31. The van der Waals surface area contributed by atoms with Crippen molar-refractivity contribution in [3.05, 3.63) is 65.0 Å². The van der Waals surface area contributed by atoms with Gasteiger partial charge in [-0.25, -0.2) is 4.39 Å². The molecule has 3 nitrogen and oxygen atoms in total. The molecule has 0 fully saturated rings. The lowest BCUT2D eigenvalue weighted by Gasteiger charge is -2.15. The first-order valence-electron chi connectivity index (χ1n) is 6.89. The van der Waals surface area contributed by atoms with Gasteiger partial charge in [-0.1, -0.05) is 30.3 Å². The molecule has 0 aliphatic rings. The Hall–Kier alpha value is -1.91. The van der Waals surface area contributed by atoms with Gasteiger partial charge in [0.2, 0.25) is 0 Å². The van der Waals surface area contributed by atoms with Gasteiger partial charge in [-0.05, 0) is 35.7 Å². The molecule has 0 aliphatic heterocycles. The Balaban J connectivity index is 2.00. The summed E-state index contributed by atoms with van der Waals surface area (Å²) in [6.07, 6.45) is 0. The summed E-state index contributed by atoms with van der Waals surface area (Å²) in [5, 5.41) is 12.5. The highest BCUT2D eigenvalue weighted by atomic mass is 19.1. The maximum atomic E-state index is 13.6. The topological polar surface area (TPSA) is 41.5 Å². The number of methoxy groups -OCH3 is 1. The summed E-state index contributed by atoms with van der Waals surface area (Å²) in [4.78, 5) is 0. The van der Waals surface area contributed by atoms with Crippen molar-refractivity contribution < 1.29 is 14.2 Å². The molecular weight excluding hydrogens is 269 g/mol. The van der Waals surface area contributed by atoms with E-state index in [1.165, 1.54) is 13.2 Å². The highest BCUT2D eigenvalue weighted by molar-refractivity contribution is 5.30. The predicted molar refractivity (Wildman–Crippen MR) is 80.6 cm³/mol. The fraction of sp³-hybridized carbons (Fsp3) is 0.294. The van der Waals surface area contributed by atoms with E-state index in [0.29, 0.717) is 6.54 Å². The van der Waals surface area contributed by atoms with Crippen molar-refractivity contribution >= 4 is 0 Å². The van der Waals surface area contributed by atoms with Crippen LogP contribution in [0.3, 0.4) is 0 Å². The molecule has 0 bridgehead atoms. The van der Waals surface area contributed by atoms with Crippen molar-refractivity contribution in [2.24, 2.45) is 0 Å². The molecule has 112 valence electrons. The quantitative estimate of drug-likeness (QED) is 0.858. The second-order valence-electron chi connectivity index (χ2n) is 4.97. The van der Waals surface area contributed by atoms with E-state index >= 15 is 0 Å². The predicted octanol–water partition coefficient (Wildman–Crippen LogP) is 3.18. The van der Waals surface area contributed by atoms with Crippen molar-refractivity contribution in [3.8, 4) is 5.75 Å². The smallest absolute Gasteiger partial charge is 0.165 e. The van der Waals surface area contributed by atoms with Gasteiger partial charge in [0.15, 0.2) is 11.6 Å². The van der Waals surface area contributed by atoms with Gasteiger partial charge < -0.3 is 15.2 Å². The zero-order chi connectivity index (χ0) is 15.2. The molecule has 0 saturated carbocycles. The molecule has 0 radical (unpaired) electrons. The number of rotatable bonds is 6. The van der Waals surface area contributed by atoms with Crippen LogP contribution in [-0.4, -0.2) is 12.2 Å². The van der Waals surface area contributed by atoms with Gasteiger partial charge in [0, 0.05) is 12.6 Å². The van der Waals surface area contributed by atoms with Crippen molar-refractivity contribution in [1.29, 1.82) is 0 Å². The number of ether oxygens (including phenoxy) is 1. The molecular formula is C17H20FNO2. The Morgan fingerprint density at radius 3 is 2.67 bits per heavy atom. The minimum absolute atomic E-state index is 0.0320. The number of halogens is 1. The van der Waals surface area contributed by atoms with E-state index in [2.05, 4.69) is 5.32 Å². The molecule has 0 aromatic heterocycles. The van der Waals surface area contributed by atoms with E-state index < -0.39 is 0 Å². The second-order valence-corrected chi connectivity index (χ2v) is 4.97. The average molecular weight is 289 g/mol. The molecule has 1 unspecified atom stereocenters. The number of aliphatic hydroxyl groups is 1. The highest BCUT2D eigenvalue weighted by Crippen LogP contribution is 2.19. The fourth-order valence-corrected chi connectivity index (χ4v) is 2.17. The van der Waals surface area contributed by atoms with Crippen LogP contribution in [0.15, 0.2) is 42.5 Å². The summed E-state index contributed by atoms with van der Waals surface area (Å²) in [6.45, 7) is 2.63. The summed E-state index contributed by atoms with van der Waals surface area (Å²) >= 11 is 0. The van der Waals surface area contributed by atoms with Gasteiger partial charge in [0.05, 0.1) is 13.7 Å². The highest BCUT2D eigenvalue weighted by Gasteiger charge is 2.07. The minimum atomic E-state index is -0.355. The van der Waals surface area contributed by atoms with Gasteiger partial charge >= 0.3 is 0 Å². The molecule has 4 heteroatoms. The molecule has 2 aromatic rings. The third kappa shape index (κ3) is 4.03. The minimum Gasteiger partial charge on any atom is -0.494 e. The van der Waals surface area contributed by atoms with Crippen LogP contribution in [0.25, 0.3) is 0 Å². The van der Waals surface area contributed by atoms with Crippen molar-refractivity contribution in [2.75, 3.05) is 7.11 Å². The second kappa shape index (κ2) is 7.20. The molecule has 2 rings (SSSR count). The first-order chi connectivity index (χ1) is 10.1. The Morgan fingerprint density at radius 2 is 2.00 bits per heavy atom. The maximum absolute atomic E-state index is 13.6. The first-order valence-corrected chi connectivity index (χ1v) is 6.89. The van der Waals surface area contributed by atoms with Crippen LogP contribution in [-0.2, 0) is 13.2 Å². The Morgan fingerprint density at radius 1 is 1.19 bits per heavy atom. The van der Waals surface area contributed by atoms with Crippen LogP contribution in [0.1, 0.15) is 29.7 Å². The molecule has 1 atom stereocenters. The average Bonchev–Trinajstić information content (AvgIpc) is 2.52. The van der Waals surface area contributed by atoms with E-state index in [4.69, 9.17) is 9.84 Å². The normalized spacial score (nSPS) is 12.2. The Bertz CT molecular complexity index is 601. The van der Waals surface area contributed by atoms with Crippen molar-refractivity contribution in [2.45, 2.75) is 26.1 Å². The summed E-state index contributed by atoms with van der Waals surface area (Å²) in [5.41, 5.74) is 2.84. The monoisotopic (exact) mass is 289 g/mol. The van der Waals surface area contributed by atoms with E-state index in [1.807, 2.05) is 37.3 Å². The van der Waals surface area contributed by atoms with Crippen LogP contribution in [0.2, 0.25) is 0 Å². The van der Waals surface area contributed by atoms with E-state index in [0.717, 1.165) is 16.7 Å². The third-order valence-electron chi connectivity index (χ3n) is 3.46. The SMILES string of the molecule is COc1ccc(CNC(C)c2cccc(CO)c2)cc1F.